The third-order valence-corrected chi connectivity index (χ3v) is 4.23. The molecule has 1 aromatic carbocycles. The zero-order valence-electron chi connectivity index (χ0n) is 11.7. The summed E-state index contributed by atoms with van der Waals surface area (Å²) in [6.45, 7) is 0.370. The molecule has 1 aliphatic carbocycles. The van der Waals surface area contributed by atoms with E-state index in [4.69, 9.17) is 5.73 Å². The van der Waals surface area contributed by atoms with Crippen LogP contribution < -0.4 is 10.5 Å². The lowest BCUT2D eigenvalue weighted by atomic mass is 9.68. The lowest BCUT2D eigenvalue weighted by Gasteiger charge is -2.41. The molecule has 1 aliphatic rings. The number of hydrogen-bond donors (Lipinski definition) is 2. The normalized spacial score (nSPS) is 26.6. The summed E-state index contributed by atoms with van der Waals surface area (Å²) in [5, 5.41) is 10.2. The Morgan fingerprint density at radius 3 is 2.43 bits per heavy atom. The predicted octanol–water partition coefficient (Wildman–Crippen LogP) is 3.01. The van der Waals surface area contributed by atoms with Gasteiger partial charge >= 0.3 is 6.36 Å². The molecular formula is C15H20F3NO2. The number of rotatable bonds is 4. The van der Waals surface area contributed by atoms with E-state index in [1.54, 1.807) is 12.1 Å². The summed E-state index contributed by atoms with van der Waals surface area (Å²) >= 11 is 0. The van der Waals surface area contributed by atoms with Gasteiger partial charge in [-0.15, -0.1) is 13.2 Å². The highest BCUT2D eigenvalue weighted by Gasteiger charge is 2.38. The maximum absolute atomic E-state index is 12.1. The smallest absolute Gasteiger partial charge is 0.406 e. The van der Waals surface area contributed by atoms with Crippen molar-refractivity contribution in [3.63, 3.8) is 0 Å². The molecule has 0 radical (unpaired) electrons. The van der Waals surface area contributed by atoms with Gasteiger partial charge in [0, 0.05) is 12.0 Å². The Labute approximate surface area is 121 Å². The first-order chi connectivity index (χ1) is 9.85. The molecule has 21 heavy (non-hydrogen) atoms. The molecule has 0 spiro atoms. The monoisotopic (exact) mass is 303 g/mol. The van der Waals surface area contributed by atoms with Crippen LogP contribution in [0, 0.1) is 5.41 Å². The average molecular weight is 303 g/mol. The van der Waals surface area contributed by atoms with Crippen LogP contribution in [0.2, 0.25) is 0 Å². The number of alkyl halides is 3. The van der Waals surface area contributed by atoms with E-state index in [1.165, 1.54) is 12.1 Å². The minimum Gasteiger partial charge on any atom is -0.406 e. The van der Waals surface area contributed by atoms with Crippen molar-refractivity contribution in [2.75, 3.05) is 6.54 Å². The molecule has 1 fully saturated rings. The molecule has 1 aromatic rings. The van der Waals surface area contributed by atoms with Gasteiger partial charge in [-0.1, -0.05) is 25.0 Å². The maximum atomic E-state index is 12.1. The highest BCUT2D eigenvalue weighted by Crippen LogP contribution is 2.39. The third kappa shape index (κ3) is 4.11. The van der Waals surface area contributed by atoms with E-state index in [1.807, 2.05) is 0 Å². The molecule has 118 valence electrons. The summed E-state index contributed by atoms with van der Waals surface area (Å²) in [7, 11) is 0. The summed E-state index contributed by atoms with van der Waals surface area (Å²) in [4.78, 5) is 0. The Balaban J connectivity index is 2.08. The van der Waals surface area contributed by atoms with Crippen molar-refractivity contribution in [1.82, 2.24) is 0 Å². The fourth-order valence-electron chi connectivity index (χ4n) is 3.02. The Hall–Kier alpha value is -1.27. The molecule has 6 heteroatoms. The highest BCUT2D eigenvalue weighted by molar-refractivity contribution is 5.28. The van der Waals surface area contributed by atoms with Gasteiger partial charge in [0.1, 0.15) is 5.75 Å². The van der Waals surface area contributed by atoms with Gasteiger partial charge in [0.15, 0.2) is 0 Å². The van der Waals surface area contributed by atoms with Crippen LogP contribution in [0.3, 0.4) is 0 Å². The molecule has 2 unspecified atom stereocenters. The molecular weight excluding hydrogens is 283 g/mol. The topological polar surface area (TPSA) is 55.5 Å². The van der Waals surface area contributed by atoms with E-state index in [0.717, 1.165) is 31.2 Å². The van der Waals surface area contributed by atoms with Crippen molar-refractivity contribution in [3.05, 3.63) is 29.8 Å². The molecule has 2 rings (SSSR count). The zero-order valence-corrected chi connectivity index (χ0v) is 11.7. The number of aliphatic hydroxyl groups excluding tert-OH is 1. The maximum Gasteiger partial charge on any atom is 0.573 e. The van der Waals surface area contributed by atoms with Crippen LogP contribution in [-0.2, 0) is 6.42 Å². The van der Waals surface area contributed by atoms with Crippen LogP contribution in [0.15, 0.2) is 24.3 Å². The van der Waals surface area contributed by atoms with Crippen LogP contribution >= 0.6 is 0 Å². The molecule has 0 aromatic heterocycles. The first kappa shape index (κ1) is 16.1. The summed E-state index contributed by atoms with van der Waals surface area (Å²) in [6, 6.07) is 5.78. The molecule has 0 saturated heterocycles. The fraction of sp³-hybridized carbons (Fsp3) is 0.600. The van der Waals surface area contributed by atoms with Gasteiger partial charge in [-0.2, -0.15) is 0 Å². The third-order valence-electron chi connectivity index (χ3n) is 4.23. The van der Waals surface area contributed by atoms with Gasteiger partial charge in [-0.25, -0.2) is 0 Å². The van der Waals surface area contributed by atoms with E-state index in [2.05, 4.69) is 4.74 Å². The lowest BCUT2D eigenvalue weighted by molar-refractivity contribution is -0.274. The molecule has 3 nitrogen and oxygen atoms in total. The van der Waals surface area contributed by atoms with E-state index in [9.17, 15) is 18.3 Å². The second kappa shape index (κ2) is 6.23. The van der Waals surface area contributed by atoms with Crippen molar-refractivity contribution in [2.24, 2.45) is 11.1 Å². The summed E-state index contributed by atoms with van der Waals surface area (Å²) < 4.78 is 40.2. The minimum absolute atomic E-state index is 0.239. The van der Waals surface area contributed by atoms with Crippen molar-refractivity contribution < 1.29 is 23.0 Å². The zero-order chi connectivity index (χ0) is 15.5. The van der Waals surface area contributed by atoms with E-state index < -0.39 is 12.5 Å². The van der Waals surface area contributed by atoms with Crippen molar-refractivity contribution in [2.45, 2.75) is 44.6 Å². The number of halogens is 3. The number of nitrogens with two attached hydrogens (primary N) is 1. The first-order valence-corrected chi connectivity index (χ1v) is 7.07. The largest absolute Gasteiger partial charge is 0.573 e. The molecule has 1 saturated carbocycles. The van der Waals surface area contributed by atoms with Crippen LogP contribution in [0.5, 0.6) is 5.75 Å². The van der Waals surface area contributed by atoms with Gasteiger partial charge in [0.25, 0.3) is 0 Å². The van der Waals surface area contributed by atoms with Crippen molar-refractivity contribution >= 4 is 0 Å². The summed E-state index contributed by atoms with van der Waals surface area (Å²) in [5.41, 5.74) is 6.34. The van der Waals surface area contributed by atoms with Gasteiger partial charge in [-0.05, 0) is 37.0 Å². The van der Waals surface area contributed by atoms with Crippen LogP contribution in [0.4, 0.5) is 13.2 Å². The van der Waals surface area contributed by atoms with Gasteiger partial charge in [0.2, 0.25) is 0 Å². The average Bonchev–Trinajstić information content (AvgIpc) is 2.42. The highest BCUT2D eigenvalue weighted by atomic mass is 19.4. The minimum atomic E-state index is -4.68. The Bertz CT molecular complexity index is 461. The molecule has 0 amide bonds. The van der Waals surface area contributed by atoms with Crippen LogP contribution in [0.25, 0.3) is 0 Å². The molecule has 3 N–H and O–H groups in total. The van der Waals surface area contributed by atoms with Crippen LogP contribution in [0.1, 0.15) is 31.2 Å². The fourth-order valence-corrected chi connectivity index (χ4v) is 3.02. The predicted molar refractivity (Wildman–Crippen MR) is 72.8 cm³/mol. The number of benzene rings is 1. The number of hydrogen-bond acceptors (Lipinski definition) is 3. The van der Waals surface area contributed by atoms with Crippen LogP contribution in [-0.4, -0.2) is 24.1 Å². The van der Waals surface area contributed by atoms with Gasteiger partial charge in [0.05, 0.1) is 6.10 Å². The van der Waals surface area contributed by atoms with Crippen molar-refractivity contribution in [1.29, 1.82) is 0 Å². The molecule has 0 heterocycles. The Morgan fingerprint density at radius 2 is 1.90 bits per heavy atom. The lowest BCUT2D eigenvalue weighted by Crippen LogP contribution is -2.45. The molecule has 2 atom stereocenters. The van der Waals surface area contributed by atoms with E-state index >= 15 is 0 Å². The number of aliphatic hydroxyl groups is 1. The Morgan fingerprint density at radius 1 is 1.24 bits per heavy atom. The SMILES string of the molecule is NCC1(Cc2ccc(OC(F)(F)F)cc2)CCCCC1O. The standard InChI is InChI=1S/C15H20F3NO2/c16-15(17,18)21-12-6-4-11(5-7-12)9-14(10-19)8-2-1-3-13(14)20/h4-7,13,20H,1-3,8-10,19H2. The van der Waals surface area contributed by atoms with E-state index in [-0.39, 0.29) is 11.2 Å². The second-order valence-corrected chi connectivity index (χ2v) is 5.70. The van der Waals surface area contributed by atoms with Gasteiger partial charge < -0.3 is 15.6 Å². The van der Waals surface area contributed by atoms with Crippen molar-refractivity contribution in [3.8, 4) is 5.75 Å². The number of ether oxygens (including phenoxy) is 1. The second-order valence-electron chi connectivity index (χ2n) is 5.70. The summed E-state index contributed by atoms with van der Waals surface area (Å²) in [6.07, 6.45) is -0.999. The van der Waals surface area contributed by atoms with Gasteiger partial charge in [-0.3, -0.25) is 0 Å². The first-order valence-electron chi connectivity index (χ1n) is 7.07. The summed E-state index contributed by atoms with van der Waals surface area (Å²) in [5.74, 6) is -0.239. The quantitative estimate of drug-likeness (QED) is 0.899. The molecule has 0 bridgehead atoms. The molecule has 0 aliphatic heterocycles. The Kier molecular flexibility index (Phi) is 4.78. The van der Waals surface area contributed by atoms with E-state index in [0.29, 0.717) is 13.0 Å².